The molecule has 6 rings (SSSR count). The Morgan fingerprint density at radius 3 is 2.64 bits per heavy atom. The second-order valence-corrected chi connectivity index (χ2v) is 8.54. The van der Waals surface area contributed by atoms with Crippen LogP contribution in [0.5, 0.6) is 0 Å². The van der Waals surface area contributed by atoms with Gasteiger partial charge in [0.1, 0.15) is 12.0 Å². The first-order valence-electron chi connectivity index (χ1n) is 11.0. The number of likely N-dealkylation sites (tertiary alicyclic amines) is 1. The van der Waals surface area contributed by atoms with Gasteiger partial charge in [-0.05, 0) is 36.6 Å². The number of amides is 3. The number of carbonyl (C=O) groups excluding carboxylic acids is 2. The summed E-state index contributed by atoms with van der Waals surface area (Å²) >= 11 is 0. The van der Waals surface area contributed by atoms with E-state index in [9.17, 15) is 9.59 Å². The minimum absolute atomic E-state index is 0.0308. The molecule has 1 spiro atoms. The highest BCUT2D eigenvalue weighted by Crippen LogP contribution is 2.39. The van der Waals surface area contributed by atoms with Crippen LogP contribution < -0.4 is 10.7 Å². The first-order valence-corrected chi connectivity index (χ1v) is 11.0. The quantitative estimate of drug-likeness (QED) is 0.501. The minimum Gasteiger partial charge on any atom is -0.342 e. The lowest BCUT2D eigenvalue weighted by Gasteiger charge is -2.39. The van der Waals surface area contributed by atoms with Crippen molar-refractivity contribution in [2.45, 2.75) is 18.4 Å². The standard InChI is InChI=1S/C25H22N6O2/c32-23-18-6-2-3-7-19(18)25(28-23)11-13-30(14-12-25)24(33)29-31-15-22(26-16-31)21-10-9-17-5-1-4-8-20(17)27-21/h1-10,15-16H,11-14H2,(H,28,32)(H,29,33). The Hall–Kier alpha value is -4.20. The molecule has 2 aliphatic heterocycles. The summed E-state index contributed by atoms with van der Waals surface area (Å²) < 4.78 is 1.56. The first kappa shape index (κ1) is 19.5. The molecule has 3 amide bonds. The number of pyridine rings is 1. The molecule has 164 valence electrons. The number of hydrogen-bond acceptors (Lipinski definition) is 4. The number of imidazole rings is 1. The Balaban J connectivity index is 1.13. The van der Waals surface area contributed by atoms with E-state index >= 15 is 0 Å². The molecular formula is C25H22N6O2. The van der Waals surface area contributed by atoms with Gasteiger partial charge in [0.15, 0.2) is 0 Å². The molecule has 4 aromatic rings. The molecule has 2 aliphatic rings. The maximum Gasteiger partial charge on any atom is 0.336 e. The van der Waals surface area contributed by atoms with Crippen LogP contribution in [-0.2, 0) is 5.54 Å². The van der Waals surface area contributed by atoms with Crippen LogP contribution in [0.3, 0.4) is 0 Å². The van der Waals surface area contributed by atoms with Crippen molar-refractivity contribution in [3.05, 3.63) is 84.3 Å². The van der Waals surface area contributed by atoms with Gasteiger partial charge in [0.25, 0.3) is 5.91 Å². The van der Waals surface area contributed by atoms with Crippen LogP contribution in [0.1, 0.15) is 28.8 Å². The van der Waals surface area contributed by atoms with E-state index in [1.54, 1.807) is 22.1 Å². The van der Waals surface area contributed by atoms with Gasteiger partial charge >= 0.3 is 6.03 Å². The predicted octanol–water partition coefficient (Wildman–Crippen LogP) is 3.50. The average molecular weight is 438 g/mol. The summed E-state index contributed by atoms with van der Waals surface area (Å²) in [6, 6.07) is 19.4. The topological polar surface area (TPSA) is 92.2 Å². The third-order valence-corrected chi connectivity index (χ3v) is 6.61. The predicted molar refractivity (Wildman–Crippen MR) is 124 cm³/mol. The normalized spacial score (nSPS) is 16.6. The zero-order valence-corrected chi connectivity index (χ0v) is 17.9. The number of fused-ring (bicyclic) bond motifs is 3. The Labute approximate surface area is 190 Å². The van der Waals surface area contributed by atoms with E-state index in [4.69, 9.17) is 0 Å². The summed E-state index contributed by atoms with van der Waals surface area (Å²) in [4.78, 5) is 36.1. The number of carbonyl (C=O) groups is 2. The van der Waals surface area contributed by atoms with Crippen molar-refractivity contribution in [3.63, 3.8) is 0 Å². The third kappa shape index (κ3) is 3.31. The maximum atomic E-state index is 12.9. The molecule has 0 radical (unpaired) electrons. The fourth-order valence-corrected chi connectivity index (χ4v) is 4.84. The highest BCUT2D eigenvalue weighted by Gasteiger charge is 2.45. The lowest BCUT2D eigenvalue weighted by atomic mass is 9.82. The maximum absolute atomic E-state index is 12.9. The number of urea groups is 1. The van der Waals surface area contributed by atoms with Crippen LogP contribution in [0.4, 0.5) is 4.79 Å². The number of para-hydroxylation sites is 1. The molecule has 0 atom stereocenters. The van der Waals surface area contributed by atoms with E-state index in [-0.39, 0.29) is 17.5 Å². The van der Waals surface area contributed by atoms with Gasteiger partial charge in [0.2, 0.25) is 0 Å². The lowest BCUT2D eigenvalue weighted by molar-refractivity contribution is 0.0886. The molecular weight excluding hydrogens is 416 g/mol. The van der Waals surface area contributed by atoms with Gasteiger partial charge in [-0.3, -0.25) is 4.79 Å². The monoisotopic (exact) mass is 438 g/mol. The van der Waals surface area contributed by atoms with E-state index in [1.807, 2.05) is 60.7 Å². The van der Waals surface area contributed by atoms with E-state index in [2.05, 4.69) is 20.7 Å². The molecule has 2 N–H and O–H groups in total. The van der Waals surface area contributed by atoms with Gasteiger partial charge in [-0.2, -0.15) is 0 Å². The van der Waals surface area contributed by atoms with Crippen molar-refractivity contribution in [2.24, 2.45) is 0 Å². The summed E-state index contributed by atoms with van der Waals surface area (Å²) in [6.45, 7) is 1.10. The summed E-state index contributed by atoms with van der Waals surface area (Å²) in [5, 5.41) is 4.23. The Morgan fingerprint density at radius 2 is 1.76 bits per heavy atom. The fourth-order valence-electron chi connectivity index (χ4n) is 4.84. The van der Waals surface area contributed by atoms with Crippen LogP contribution in [0.25, 0.3) is 22.3 Å². The van der Waals surface area contributed by atoms with Crippen molar-refractivity contribution in [3.8, 4) is 11.4 Å². The van der Waals surface area contributed by atoms with Crippen LogP contribution in [0, 0.1) is 0 Å². The minimum atomic E-state index is -0.381. The van der Waals surface area contributed by atoms with Crippen molar-refractivity contribution >= 4 is 22.8 Å². The Morgan fingerprint density at radius 1 is 0.970 bits per heavy atom. The molecule has 0 saturated carbocycles. The van der Waals surface area contributed by atoms with Crippen LogP contribution >= 0.6 is 0 Å². The lowest BCUT2D eigenvalue weighted by Crippen LogP contribution is -2.52. The van der Waals surface area contributed by atoms with E-state index < -0.39 is 0 Å². The Kier molecular flexibility index (Phi) is 4.39. The molecule has 0 unspecified atom stereocenters. The van der Waals surface area contributed by atoms with E-state index in [0.29, 0.717) is 31.6 Å². The second kappa shape index (κ2) is 7.44. The SMILES string of the molecule is O=C1NC2(CCN(C(=O)Nn3cnc(-c4ccc5ccccc5n4)c3)CC2)c2ccccc21. The number of piperidine rings is 1. The number of nitrogens with zero attached hydrogens (tertiary/aromatic N) is 4. The van der Waals surface area contributed by atoms with Crippen LogP contribution in [0.15, 0.2) is 73.2 Å². The summed E-state index contributed by atoms with van der Waals surface area (Å²) in [6.07, 6.45) is 4.69. The van der Waals surface area contributed by atoms with Crippen LogP contribution in [-0.4, -0.2) is 44.6 Å². The van der Waals surface area contributed by atoms with Gasteiger partial charge in [0.05, 0.1) is 22.9 Å². The second-order valence-electron chi connectivity index (χ2n) is 8.54. The zero-order valence-electron chi connectivity index (χ0n) is 17.9. The van der Waals surface area contributed by atoms with E-state index in [1.165, 1.54) is 0 Å². The van der Waals surface area contributed by atoms with Gasteiger partial charge in [-0.15, -0.1) is 0 Å². The van der Waals surface area contributed by atoms with Gasteiger partial charge < -0.3 is 10.2 Å². The number of aromatic nitrogens is 3. The zero-order chi connectivity index (χ0) is 22.4. The number of hydrogen-bond donors (Lipinski definition) is 2. The summed E-state index contributed by atoms with van der Waals surface area (Å²) in [5.41, 5.74) is 6.60. The highest BCUT2D eigenvalue weighted by atomic mass is 16.2. The van der Waals surface area contributed by atoms with Gasteiger partial charge in [-0.1, -0.05) is 42.5 Å². The largest absolute Gasteiger partial charge is 0.342 e. The van der Waals surface area contributed by atoms with Gasteiger partial charge in [-0.25, -0.2) is 24.9 Å². The number of rotatable bonds is 2. The number of benzene rings is 2. The highest BCUT2D eigenvalue weighted by molar-refractivity contribution is 6.00. The molecule has 1 saturated heterocycles. The van der Waals surface area contributed by atoms with Gasteiger partial charge in [0, 0.05) is 24.0 Å². The molecule has 0 bridgehead atoms. The average Bonchev–Trinajstić information content (AvgIpc) is 3.42. The third-order valence-electron chi connectivity index (χ3n) is 6.61. The molecule has 8 heteroatoms. The van der Waals surface area contributed by atoms with Crippen molar-refractivity contribution in [1.82, 2.24) is 24.9 Å². The Bertz CT molecular complexity index is 1390. The summed E-state index contributed by atoms with van der Waals surface area (Å²) in [5.74, 6) is -0.0308. The molecule has 0 aliphatic carbocycles. The molecule has 33 heavy (non-hydrogen) atoms. The first-order chi connectivity index (χ1) is 16.1. The van der Waals surface area contributed by atoms with Crippen molar-refractivity contribution in [2.75, 3.05) is 18.5 Å². The van der Waals surface area contributed by atoms with E-state index in [0.717, 1.165) is 27.7 Å². The summed E-state index contributed by atoms with van der Waals surface area (Å²) in [7, 11) is 0. The fraction of sp³-hybridized carbons (Fsp3) is 0.200. The number of nitrogens with one attached hydrogen (secondary N) is 2. The molecule has 2 aromatic carbocycles. The van der Waals surface area contributed by atoms with Crippen molar-refractivity contribution in [1.29, 1.82) is 0 Å². The van der Waals surface area contributed by atoms with Crippen LogP contribution in [0.2, 0.25) is 0 Å². The smallest absolute Gasteiger partial charge is 0.336 e. The molecule has 1 fully saturated rings. The molecule has 8 nitrogen and oxygen atoms in total. The molecule has 4 heterocycles. The van der Waals surface area contributed by atoms with Crippen molar-refractivity contribution < 1.29 is 9.59 Å². The molecule has 2 aromatic heterocycles.